The molecule has 4 aromatic rings. The van der Waals surface area contributed by atoms with Crippen LogP contribution in [0.1, 0.15) is 12.5 Å². The van der Waals surface area contributed by atoms with Crippen molar-refractivity contribution >= 4 is 39.1 Å². The van der Waals surface area contributed by atoms with E-state index >= 15 is 0 Å². The number of anilines is 1. The summed E-state index contributed by atoms with van der Waals surface area (Å²) in [5, 5.41) is 2.10. The topological polar surface area (TPSA) is 83.3 Å². The fraction of sp³-hybridized carbons (Fsp3) is 0.276. The number of para-hydroxylation sites is 3. The van der Waals surface area contributed by atoms with E-state index in [9.17, 15) is 13.2 Å². The smallest absolute Gasteiger partial charge is 0.259 e. The highest BCUT2D eigenvalue weighted by atomic mass is 35.5. The van der Waals surface area contributed by atoms with Crippen LogP contribution in [0.25, 0.3) is 22.3 Å². The number of piperazine rings is 1. The Kier molecular flexibility index (Phi) is 8.66. The van der Waals surface area contributed by atoms with Gasteiger partial charge in [-0.3, -0.25) is 4.79 Å². The lowest BCUT2D eigenvalue weighted by Gasteiger charge is -2.41. The lowest BCUT2D eigenvalue weighted by molar-refractivity contribution is 0.0574. The summed E-state index contributed by atoms with van der Waals surface area (Å²) in [5.74, 6) is 1.16. The Hall–Kier alpha value is -3.37. The van der Waals surface area contributed by atoms with E-state index in [1.807, 2.05) is 66.5 Å². The normalized spacial score (nSPS) is 14.4. The van der Waals surface area contributed by atoms with E-state index in [1.54, 1.807) is 26.2 Å². The quantitative estimate of drug-likeness (QED) is 0.311. The minimum absolute atomic E-state index is 0. The molecule has 1 saturated heterocycles. The molecule has 5 rings (SSSR count). The average Bonchev–Trinajstić information content (AvgIpc) is 2.95. The predicted octanol–water partition coefficient (Wildman–Crippen LogP) is 4.95. The summed E-state index contributed by atoms with van der Waals surface area (Å²) in [7, 11) is -2.37. The highest BCUT2D eigenvalue weighted by Gasteiger charge is 2.34. The minimum Gasteiger partial charge on any atom is -0.495 e. The lowest BCUT2D eigenvalue weighted by Crippen LogP contribution is -2.55. The molecule has 0 aliphatic carbocycles. The zero-order chi connectivity index (χ0) is 26.9. The molecular formula is C29H32ClN3O5S. The second-order valence-electron chi connectivity index (χ2n) is 9.14. The molecule has 1 aliphatic rings. The molecule has 0 unspecified atom stereocenters. The Balaban J connectivity index is 0.00000353. The van der Waals surface area contributed by atoms with Gasteiger partial charge in [-0.1, -0.05) is 48.5 Å². The summed E-state index contributed by atoms with van der Waals surface area (Å²) in [6.07, 6.45) is 0. The van der Waals surface area contributed by atoms with Gasteiger partial charge in [0, 0.05) is 43.9 Å². The fourth-order valence-corrected chi connectivity index (χ4v) is 6.71. The SMILES string of the molecule is CCN(N1CCN(c2ccccc2OC)CC1)S(=O)(=O)c1cccc2c(=O)c(C)c(-c3ccccc3)oc12.Cl. The molecule has 2 heterocycles. The van der Waals surface area contributed by atoms with Crippen LogP contribution >= 0.6 is 12.4 Å². The van der Waals surface area contributed by atoms with Crippen molar-refractivity contribution in [2.75, 3.05) is 44.7 Å². The zero-order valence-corrected chi connectivity index (χ0v) is 23.8. The molecule has 0 amide bonds. The van der Waals surface area contributed by atoms with Crippen LogP contribution in [0.2, 0.25) is 0 Å². The van der Waals surface area contributed by atoms with Crippen molar-refractivity contribution in [3.8, 4) is 17.1 Å². The van der Waals surface area contributed by atoms with Crippen LogP contribution in [-0.4, -0.2) is 57.7 Å². The summed E-state index contributed by atoms with van der Waals surface area (Å²) in [6.45, 7) is 6.04. The number of halogens is 1. The van der Waals surface area contributed by atoms with Gasteiger partial charge in [-0.05, 0) is 38.1 Å². The molecule has 206 valence electrons. The Morgan fingerprint density at radius 3 is 2.26 bits per heavy atom. The number of benzene rings is 3. The van der Waals surface area contributed by atoms with Gasteiger partial charge in [0.1, 0.15) is 16.4 Å². The second kappa shape index (κ2) is 11.8. The third kappa shape index (κ3) is 5.27. The van der Waals surface area contributed by atoms with E-state index in [-0.39, 0.29) is 40.2 Å². The Bertz CT molecular complexity index is 1620. The molecule has 8 nitrogen and oxygen atoms in total. The molecule has 0 bridgehead atoms. The van der Waals surface area contributed by atoms with Crippen molar-refractivity contribution in [3.05, 3.63) is 88.6 Å². The lowest BCUT2D eigenvalue weighted by atomic mass is 10.1. The van der Waals surface area contributed by atoms with Crippen molar-refractivity contribution in [2.24, 2.45) is 0 Å². The summed E-state index contributed by atoms with van der Waals surface area (Å²) < 4.78 is 41.2. The first-order valence-corrected chi connectivity index (χ1v) is 14.1. The van der Waals surface area contributed by atoms with Gasteiger partial charge in [0.25, 0.3) is 10.0 Å². The number of hydrogen-bond donors (Lipinski definition) is 0. The van der Waals surface area contributed by atoms with Gasteiger partial charge in [0.2, 0.25) is 0 Å². The molecule has 0 N–H and O–H groups in total. The molecule has 1 fully saturated rings. The van der Waals surface area contributed by atoms with E-state index in [0.717, 1.165) is 17.0 Å². The van der Waals surface area contributed by atoms with E-state index in [0.29, 0.717) is 37.5 Å². The standard InChI is InChI=1S/C29H31N3O5S.ClH/c1-4-32(31-19-17-30(18-20-31)24-14-8-9-15-25(24)36-3)38(34,35)26-16-10-13-23-27(33)21(2)28(37-29(23)26)22-11-6-5-7-12-22;/h5-16H,4,17-20H2,1-3H3;1H. The number of hydrazine groups is 1. The largest absolute Gasteiger partial charge is 0.495 e. The predicted molar refractivity (Wildman–Crippen MR) is 156 cm³/mol. The highest BCUT2D eigenvalue weighted by molar-refractivity contribution is 7.89. The fourth-order valence-electron chi connectivity index (χ4n) is 5.04. The maximum absolute atomic E-state index is 14.1. The highest BCUT2D eigenvalue weighted by Crippen LogP contribution is 2.32. The van der Waals surface area contributed by atoms with Gasteiger partial charge in [0.05, 0.1) is 18.2 Å². The first-order valence-electron chi connectivity index (χ1n) is 12.6. The molecule has 10 heteroatoms. The van der Waals surface area contributed by atoms with E-state index < -0.39 is 10.0 Å². The Morgan fingerprint density at radius 2 is 1.59 bits per heavy atom. The zero-order valence-electron chi connectivity index (χ0n) is 22.2. The number of sulfonamides is 1. The molecule has 1 aromatic heterocycles. The van der Waals surface area contributed by atoms with Crippen LogP contribution in [0.15, 0.2) is 86.9 Å². The third-order valence-corrected chi connectivity index (χ3v) is 8.89. The molecule has 0 saturated carbocycles. The molecule has 39 heavy (non-hydrogen) atoms. The average molecular weight is 570 g/mol. The van der Waals surface area contributed by atoms with E-state index in [1.165, 1.54) is 10.5 Å². The molecule has 0 radical (unpaired) electrons. The number of methoxy groups -OCH3 is 1. The summed E-state index contributed by atoms with van der Waals surface area (Å²) in [6, 6.07) is 21.8. The minimum atomic E-state index is -4.02. The van der Waals surface area contributed by atoms with Gasteiger partial charge >= 0.3 is 0 Å². The van der Waals surface area contributed by atoms with Crippen molar-refractivity contribution in [1.29, 1.82) is 0 Å². The van der Waals surface area contributed by atoms with Gasteiger partial charge in [-0.15, -0.1) is 16.8 Å². The van der Waals surface area contributed by atoms with Gasteiger partial charge in [0.15, 0.2) is 11.0 Å². The first kappa shape index (κ1) is 28.6. The van der Waals surface area contributed by atoms with Crippen molar-refractivity contribution in [2.45, 2.75) is 18.7 Å². The first-order chi connectivity index (χ1) is 18.4. The monoisotopic (exact) mass is 569 g/mol. The van der Waals surface area contributed by atoms with Gasteiger partial charge in [-0.25, -0.2) is 13.4 Å². The van der Waals surface area contributed by atoms with Crippen LogP contribution in [-0.2, 0) is 10.0 Å². The Morgan fingerprint density at radius 1 is 0.923 bits per heavy atom. The van der Waals surface area contributed by atoms with Crippen molar-refractivity contribution in [3.63, 3.8) is 0 Å². The van der Waals surface area contributed by atoms with Crippen LogP contribution in [0.4, 0.5) is 5.69 Å². The summed E-state index contributed by atoms with van der Waals surface area (Å²) in [5.41, 5.74) is 1.98. The maximum Gasteiger partial charge on any atom is 0.259 e. The van der Waals surface area contributed by atoms with E-state index in [4.69, 9.17) is 9.15 Å². The molecule has 1 aliphatic heterocycles. The number of rotatable bonds is 7. The van der Waals surface area contributed by atoms with Crippen LogP contribution in [0, 0.1) is 6.92 Å². The third-order valence-electron chi connectivity index (χ3n) is 6.97. The van der Waals surface area contributed by atoms with Crippen LogP contribution in [0.5, 0.6) is 5.75 Å². The van der Waals surface area contributed by atoms with Crippen molar-refractivity contribution < 1.29 is 17.6 Å². The Labute approximate surface area is 234 Å². The molecule has 3 aromatic carbocycles. The van der Waals surface area contributed by atoms with Crippen LogP contribution < -0.4 is 15.1 Å². The van der Waals surface area contributed by atoms with E-state index in [2.05, 4.69) is 4.90 Å². The molecule has 0 atom stereocenters. The number of hydrogen-bond acceptors (Lipinski definition) is 7. The van der Waals surface area contributed by atoms with Crippen LogP contribution in [0.3, 0.4) is 0 Å². The van der Waals surface area contributed by atoms with Gasteiger partial charge < -0.3 is 14.1 Å². The molecular weight excluding hydrogens is 538 g/mol. The van der Waals surface area contributed by atoms with Gasteiger partial charge in [-0.2, -0.15) is 0 Å². The summed E-state index contributed by atoms with van der Waals surface area (Å²) >= 11 is 0. The molecule has 0 spiro atoms. The number of ether oxygens (including phenoxy) is 1. The maximum atomic E-state index is 14.1. The summed E-state index contributed by atoms with van der Waals surface area (Å²) in [4.78, 5) is 15.5. The number of fused-ring (bicyclic) bond motifs is 1. The second-order valence-corrected chi connectivity index (χ2v) is 11.0. The van der Waals surface area contributed by atoms with Crippen molar-refractivity contribution in [1.82, 2.24) is 9.42 Å². The number of nitrogens with zero attached hydrogens (tertiary/aromatic N) is 3.